The average Bonchev–Trinajstić information content (AvgIpc) is 3.83. The monoisotopic (exact) mass is 1090 g/mol. The Labute approximate surface area is 462 Å². The van der Waals surface area contributed by atoms with Gasteiger partial charge in [0, 0.05) is 40.7 Å². The molecular formula is C58H104N8O11. The van der Waals surface area contributed by atoms with E-state index >= 15 is 0 Å². The zero-order valence-corrected chi connectivity index (χ0v) is 51.0. The van der Waals surface area contributed by atoms with Crippen LogP contribution in [0.4, 0.5) is 0 Å². The van der Waals surface area contributed by atoms with Gasteiger partial charge in [-0.05, 0) is 100 Å². The maximum absolute atomic E-state index is 14.9. The second kappa shape index (κ2) is 30.5. The van der Waals surface area contributed by atoms with Crippen molar-refractivity contribution < 1.29 is 53.0 Å². The fourth-order valence-corrected chi connectivity index (χ4v) is 11.5. The predicted octanol–water partition coefficient (Wildman–Crippen LogP) is 5.40. The molecule has 0 aromatic carbocycles. The zero-order chi connectivity index (χ0) is 59.1. The topological polar surface area (TPSA) is 235 Å². The van der Waals surface area contributed by atoms with Crippen molar-refractivity contribution in [3.8, 4) is 0 Å². The summed E-state index contributed by atoms with van der Waals surface area (Å²) in [5, 5.41) is 20.5. The lowest BCUT2D eigenvalue weighted by Crippen LogP contribution is -2.63. The van der Waals surface area contributed by atoms with Crippen LogP contribution in [0.2, 0.25) is 0 Å². The van der Waals surface area contributed by atoms with Crippen molar-refractivity contribution in [1.29, 1.82) is 0 Å². The van der Waals surface area contributed by atoms with E-state index in [4.69, 9.17) is 4.74 Å². The minimum atomic E-state index is -1.95. The van der Waals surface area contributed by atoms with E-state index in [1.165, 1.54) is 61.6 Å². The first-order valence-corrected chi connectivity index (χ1v) is 28.8. The number of hydrogen-bond donors (Lipinski definition) is 4. The average molecular weight is 1090 g/mol. The van der Waals surface area contributed by atoms with E-state index in [-0.39, 0.29) is 31.2 Å². The summed E-state index contributed by atoms with van der Waals surface area (Å²) in [4.78, 5) is 138. The number of rotatable bonds is 17. The first-order valence-electron chi connectivity index (χ1n) is 28.8. The summed E-state index contributed by atoms with van der Waals surface area (Å²) < 4.78 is 6.14. The van der Waals surface area contributed by atoms with Gasteiger partial charge in [0.2, 0.25) is 41.4 Å². The molecule has 442 valence electrons. The molecule has 4 N–H and O–H groups in total. The van der Waals surface area contributed by atoms with E-state index in [1.54, 1.807) is 34.6 Å². The number of carbonyl (C=O) groups excluding carboxylic acids is 9. The van der Waals surface area contributed by atoms with Crippen LogP contribution in [0.3, 0.4) is 0 Å². The van der Waals surface area contributed by atoms with Gasteiger partial charge in [0.1, 0.15) is 36.3 Å². The molecular weight excluding hydrogens is 985 g/mol. The van der Waals surface area contributed by atoms with Crippen molar-refractivity contribution in [2.75, 3.05) is 41.3 Å². The lowest BCUT2D eigenvalue weighted by Gasteiger charge is -2.39. The SMILES string of the molecule is CCCC(C)C1OC(=O)C(C(C)(C)O)N(C)C(=O)C(CC(C)C)NC(=O)C(C(C)C)N(C)C(=O)C(C(C)CC)NC(=O)C2CCCN2C(=O)CN(C)C(=O)C(C[C@H](C)C[C@H](C)C[C@H](C)CC)NC(=O)C(C(C)C)N(C)C1=O. The number of nitrogens with one attached hydrogen (secondary N) is 3. The largest absolute Gasteiger partial charge is 0.450 e. The Balaban J connectivity index is 2.96. The summed E-state index contributed by atoms with van der Waals surface area (Å²) in [6.45, 7) is 29.1. The van der Waals surface area contributed by atoms with Crippen LogP contribution in [-0.4, -0.2) is 178 Å². The number of aliphatic hydroxyl groups is 1. The van der Waals surface area contributed by atoms with E-state index in [0.717, 1.165) is 24.2 Å². The molecule has 0 aliphatic carbocycles. The minimum Gasteiger partial charge on any atom is -0.450 e. The summed E-state index contributed by atoms with van der Waals surface area (Å²) in [6, 6.07) is -8.48. The molecule has 77 heavy (non-hydrogen) atoms. The van der Waals surface area contributed by atoms with Gasteiger partial charge in [-0.3, -0.25) is 38.4 Å². The molecule has 2 rings (SSSR count). The smallest absolute Gasteiger partial charge is 0.332 e. The van der Waals surface area contributed by atoms with Crippen LogP contribution in [0, 0.1) is 47.3 Å². The maximum atomic E-state index is 14.9. The van der Waals surface area contributed by atoms with Crippen molar-refractivity contribution in [3.05, 3.63) is 0 Å². The molecule has 19 nitrogen and oxygen atoms in total. The van der Waals surface area contributed by atoms with E-state index in [1.807, 2.05) is 41.5 Å². The van der Waals surface area contributed by atoms with Gasteiger partial charge in [0.25, 0.3) is 5.91 Å². The third-order valence-corrected chi connectivity index (χ3v) is 16.0. The number of ether oxygens (including phenoxy) is 1. The summed E-state index contributed by atoms with van der Waals surface area (Å²) in [7, 11) is 5.70. The Bertz CT molecular complexity index is 2010. The second-order valence-electron chi connectivity index (χ2n) is 24.9. The summed E-state index contributed by atoms with van der Waals surface area (Å²) in [5.74, 6) is -7.44. The molecule has 0 aromatic rings. The van der Waals surface area contributed by atoms with Crippen LogP contribution in [0.15, 0.2) is 0 Å². The maximum Gasteiger partial charge on any atom is 0.332 e. The quantitative estimate of drug-likeness (QED) is 0.135. The highest BCUT2D eigenvalue weighted by molar-refractivity contribution is 5.98. The minimum absolute atomic E-state index is 0.0569. The van der Waals surface area contributed by atoms with Gasteiger partial charge >= 0.3 is 5.97 Å². The Morgan fingerprint density at radius 3 is 1.61 bits per heavy atom. The molecule has 0 spiro atoms. The third-order valence-electron chi connectivity index (χ3n) is 16.0. The van der Waals surface area contributed by atoms with Crippen molar-refractivity contribution in [2.24, 2.45) is 47.3 Å². The van der Waals surface area contributed by atoms with Crippen LogP contribution in [-0.2, 0) is 47.9 Å². The van der Waals surface area contributed by atoms with Crippen molar-refractivity contribution in [2.45, 2.75) is 229 Å². The second-order valence-corrected chi connectivity index (χ2v) is 24.9. The fourth-order valence-electron chi connectivity index (χ4n) is 11.5. The molecule has 2 saturated heterocycles. The first-order chi connectivity index (χ1) is 35.7. The number of likely N-dealkylation sites (N-methyl/N-ethyl adjacent to an activating group) is 4. The van der Waals surface area contributed by atoms with E-state index in [0.29, 0.717) is 43.9 Å². The number of cyclic esters (lactones) is 1. The van der Waals surface area contributed by atoms with Gasteiger partial charge < -0.3 is 50.3 Å². The number of amides is 8. The molecule has 0 radical (unpaired) electrons. The Morgan fingerprint density at radius 1 is 0.610 bits per heavy atom. The lowest BCUT2D eigenvalue weighted by atomic mass is 9.86. The third kappa shape index (κ3) is 18.9. The molecule has 0 bridgehead atoms. The van der Waals surface area contributed by atoms with Gasteiger partial charge in [0.05, 0.1) is 12.1 Å². The molecule has 13 atom stereocenters. The summed E-state index contributed by atoms with van der Waals surface area (Å²) in [6.07, 6.45) is 3.89. The Morgan fingerprint density at radius 2 is 1.13 bits per heavy atom. The van der Waals surface area contributed by atoms with Crippen molar-refractivity contribution >= 4 is 53.2 Å². The Kier molecular flexibility index (Phi) is 27.1. The Hall–Kier alpha value is -4.81. The van der Waals surface area contributed by atoms with E-state index in [9.17, 15) is 48.3 Å². The predicted molar refractivity (Wildman–Crippen MR) is 298 cm³/mol. The summed E-state index contributed by atoms with van der Waals surface area (Å²) >= 11 is 0. The van der Waals surface area contributed by atoms with Crippen molar-refractivity contribution in [3.63, 3.8) is 0 Å². The van der Waals surface area contributed by atoms with Gasteiger partial charge in [-0.2, -0.15) is 0 Å². The zero-order valence-electron chi connectivity index (χ0n) is 51.0. The van der Waals surface area contributed by atoms with Crippen LogP contribution < -0.4 is 16.0 Å². The molecule has 0 aromatic heterocycles. The van der Waals surface area contributed by atoms with Crippen LogP contribution in [0.5, 0.6) is 0 Å². The molecule has 2 heterocycles. The van der Waals surface area contributed by atoms with E-state index in [2.05, 4.69) is 36.7 Å². The van der Waals surface area contributed by atoms with Gasteiger partial charge in [-0.15, -0.1) is 0 Å². The number of nitrogens with zero attached hydrogens (tertiary/aromatic N) is 5. The fraction of sp³-hybridized carbons (Fsp3) is 0.845. The van der Waals surface area contributed by atoms with Crippen LogP contribution in [0.1, 0.15) is 175 Å². The normalized spacial score (nSPS) is 27.3. The van der Waals surface area contributed by atoms with Gasteiger partial charge in [-0.25, -0.2) is 4.79 Å². The lowest BCUT2D eigenvalue weighted by molar-refractivity contribution is -0.177. The molecule has 10 unspecified atom stereocenters. The molecule has 0 saturated carbocycles. The molecule has 2 aliphatic rings. The van der Waals surface area contributed by atoms with Crippen LogP contribution in [0.25, 0.3) is 0 Å². The standard InChI is InChI=1S/C58H104N8O11/c1-21-25-40(14)48-56(74)64(19)47(35(8)9)52(70)60-42(31-38(12)30-37(11)29-36(10)22-2)53(71)62(17)32-44(67)66-27-24-26-43(66)50(68)61-45(39(13)23-3)55(73)63(18)46(34(6)7)51(69)59-41(28-33(4)5)54(72)65(20)49(57(75)77-48)58(15,16)76/h33-43,45-49,76H,21-32H2,1-20H3,(H,59,69)(H,60,70)(H,61,68)/t36-,37-,38-,39?,40?,41?,42?,43?,45?,46?,47?,48?,49?/m1/s1. The van der Waals surface area contributed by atoms with Crippen LogP contribution >= 0.6 is 0 Å². The van der Waals surface area contributed by atoms with Gasteiger partial charge in [-0.1, -0.05) is 116 Å². The molecule has 2 fully saturated rings. The number of carbonyl (C=O) groups is 9. The molecule has 19 heteroatoms. The number of esters is 1. The summed E-state index contributed by atoms with van der Waals surface area (Å²) in [5.41, 5.74) is -1.95. The number of fused-ring (bicyclic) bond motifs is 1. The number of hydrogen-bond acceptors (Lipinski definition) is 11. The molecule has 2 aliphatic heterocycles. The molecule has 8 amide bonds. The highest BCUT2D eigenvalue weighted by atomic mass is 16.6. The van der Waals surface area contributed by atoms with E-state index < -0.39 is 137 Å². The highest BCUT2D eigenvalue weighted by Crippen LogP contribution is 2.28. The first kappa shape index (κ1) is 68.3. The van der Waals surface area contributed by atoms with Crippen molar-refractivity contribution in [1.82, 2.24) is 40.4 Å². The highest BCUT2D eigenvalue weighted by Gasteiger charge is 2.47. The van der Waals surface area contributed by atoms with Gasteiger partial charge in [0.15, 0.2) is 12.1 Å².